The first-order valence-corrected chi connectivity index (χ1v) is 6.57. The molecule has 0 fully saturated rings. The van der Waals surface area contributed by atoms with Gasteiger partial charge >= 0.3 is 0 Å². The highest BCUT2D eigenvalue weighted by molar-refractivity contribution is 5.55. The van der Waals surface area contributed by atoms with E-state index in [4.69, 9.17) is 5.73 Å². The monoisotopic (exact) mass is 251 g/mol. The van der Waals surface area contributed by atoms with E-state index in [1.165, 1.54) is 0 Å². The Morgan fingerprint density at radius 3 is 2.39 bits per heavy atom. The van der Waals surface area contributed by atoms with E-state index in [1.54, 1.807) is 0 Å². The van der Waals surface area contributed by atoms with E-state index in [0.29, 0.717) is 17.7 Å². The van der Waals surface area contributed by atoms with Crippen LogP contribution in [0.2, 0.25) is 0 Å². The summed E-state index contributed by atoms with van der Waals surface area (Å²) in [6.07, 6.45) is 0. The van der Waals surface area contributed by atoms with Crippen molar-refractivity contribution in [3.8, 4) is 0 Å². The molecule has 1 atom stereocenters. The van der Waals surface area contributed by atoms with Crippen LogP contribution in [0.4, 0.5) is 11.6 Å². The fourth-order valence-electron chi connectivity index (χ4n) is 1.94. The summed E-state index contributed by atoms with van der Waals surface area (Å²) in [5, 5.41) is 3.42. The lowest BCUT2D eigenvalue weighted by Crippen LogP contribution is -2.35. The summed E-state index contributed by atoms with van der Waals surface area (Å²) < 4.78 is 0. The van der Waals surface area contributed by atoms with Gasteiger partial charge in [-0.25, -0.2) is 9.97 Å². The molecule has 0 saturated carbocycles. The van der Waals surface area contributed by atoms with Crippen molar-refractivity contribution in [3.63, 3.8) is 0 Å². The normalized spacial score (nSPS) is 12.8. The fraction of sp³-hybridized carbons (Fsp3) is 0.692. The molecule has 0 aliphatic heterocycles. The minimum absolute atomic E-state index is 0.331. The zero-order valence-electron chi connectivity index (χ0n) is 12.1. The van der Waals surface area contributed by atoms with Crippen molar-refractivity contribution in [1.29, 1.82) is 0 Å². The number of rotatable bonds is 6. The molecule has 0 spiro atoms. The molecule has 0 radical (unpaired) electrons. The Hall–Kier alpha value is -1.36. The molecule has 1 aromatic heterocycles. The van der Waals surface area contributed by atoms with Gasteiger partial charge in [0.05, 0.1) is 0 Å². The fourth-order valence-corrected chi connectivity index (χ4v) is 1.94. The third kappa shape index (κ3) is 3.84. The molecule has 0 saturated heterocycles. The van der Waals surface area contributed by atoms with Gasteiger partial charge in [0.2, 0.25) is 0 Å². The van der Waals surface area contributed by atoms with Gasteiger partial charge in [0, 0.05) is 18.2 Å². The molecule has 0 amide bonds. The van der Waals surface area contributed by atoms with Crippen molar-refractivity contribution in [1.82, 2.24) is 14.9 Å². The molecule has 18 heavy (non-hydrogen) atoms. The van der Waals surface area contributed by atoms with Gasteiger partial charge in [-0.15, -0.1) is 0 Å². The van der Waals surface area contributed by atoms with Crippen molar-refractivity contribution in [2.24, 2.45) is 0 Å². The van der Waals surface area contributed by atoms with Crippen LogP contribution in [0.15, 0.2) is 0 Å². The largest absolute Gasteiger partial charge is 0.383 e. The number of aromatic nitrogens is 2. The maximum Gasteiger partial charge on any atom is 0.135 e. The highest BCUT2D eigenvalue weighted by Gasteiger charge is 2.11. The third-order valence-electron chi connectivity index (χ3n) is 3.10. The summed E-state index contributed by atoms with van der Waals surface area (Å²) >= 11 is 0. The van der Waals surface area contributed by atoms with Gasteiger partial charge in [-0.1, -0.05) is 13.8 Å². The lowest BCUT2D eigenvalue weighted by molar-refractivity contribution is 0.294. The summed E-state index contributed by atoms with van der Waals surface area (Å²) in [7, 11) is 0. The Morgan fingerprint density at radius 1 is 1.22 bits per heavy atom. The van der Waals surface area contributed by atoms with Gasteiger partial charge in [0.15, 0.2) is 0 Å². The van der Waals surface area contributed by atoms with Gasteiger partial charge in [0.1, 0.15) is 17.5 Å². The smallest absolute Gasteiger partial charge is 0.135 e. The summed E-state index contributed by atoms with van der Waals surface area (Å²) in [5.41, 5.74) is 6.77. The number of likely N-dealkylation sites (N-methyl/N-ethyl adjacent to an activating group) is 1. The summed E-state index contributed by atoms with van der Waals surface area (Å²) in [4.78, 5) is 10.9. The van der Waals surface area contributed by atoms with Crippen molar-refractivity contribution in [2.45, 2.75) is 40.7 Å². The van der Waals surface area contributed by atoms with Gasteiger partial charge in [-0.05, 0) is 33.9 Å². The van der Waals surface area contributed by atoms with E-state index in [0.717, 1.165) is 31.0 Å². The van der Waals surface area contributed by atoms with Gasteiger partial charge in [-0.2, -0.15) is 0 Å². The van der Waals surface area contributed by atoms with Crippen LogP contribution in [-0.4, -0.2) is 40.5 Å². The molecule has 1 rings (SSSR count). The minimum atomic E-state index is 0.331. The quantitative estimate of drug-likeness (QED) is 0.807. The van der Waals surface area contributed by atoms with Crippen LogP contribution >= 0.6 is 0 Å². The van der Waals surface area contributed by atoms with E-state index in [-0.39, 0.29) is 0 Å². The van der Waals surface area contributed by atoms with Crippen molar-refractivity contribution >= 4 is 11.6 Å². The Bertz CT molecular complexity index is 387. The molecule has 0 aliphatic carbocycles. The SMILES string of the molecule is CCN(CC)CC(C)Nc1nc(C)nc(N)c1C. The minimum Gasteiger partial charge on any atom is -0.383 e. The topological polar surface area (TPSA) is 67.1 Å². The highest BCUT2D eigenvalue weighted by atomic mass is 15.2. The first-order chi connectivity index (χ1) is 8.47. The average Bonchev–Trinajstić information content (AvgIpc) is 2.32. The molecule has 5 nitrogen and oxygen atoms in total. The van der Waals surface area contributed by atoms with Crippen molar-refractivity contribution in [3.05, 3.63) is 11.4 Å². The van der Waals surface area contributed by atoms with Crippen LogP contribution in [0.3, 0.4) is 0 Å². The van der Waals surface area contributed by atoms with Crippen LogP contribution in [-0.2, 0) is 0 Å². The molecule has 3 N–H and O–H groups in total. The second-order valence-corrected chi connectivity index (χ2v) is 4.66. The van der Waals surface area contributed by atoms with E-state index in [1.807, 2.05) is 13.8 Å². The molecule has 1 aromatic rings. The molecule has 0 bridgehead atoms. The number of nitrogens with zero attached hydrogens (tertiary/aromatic N) is 3. The molecule has 1 unspecified atom stereocenters. The highest BCUT2D eigenvalue weighted by Crippen LogP contribution is 2.17. The van der Waals surface area contributed by atoms with Crippen LogP contribution in [0.1, 0.15) is 32.2 Å². The lowest BCUT2D eigenvalue weighted by atomic mass is 10.2. The first kappa shape index (κ1) is 14.7. The number of hydrogen-bond acceptors (Lipinski definition) is 5. The zero-order chi connectivity index (χ0) is 13.7. The summed E-state index contributed by atoms with van der Waals surface area (Å²) in [5.74, 6) is 2.11. The number of aryl methyl sites for hydroxylation is 1. The predicted octanol–water partition coefficient (Wildman–Crippen LogP) is 1.82. The van der Waals surface area contributed by atoms with Crippen LogP contribution < -0.4 is 11.1 Å². The molecular formula is C13H25N5. The van der Waals surface area contributed by atoms with Gasteiger partial charge in [0.25, 0.3) is 0 Å². The van der Waals surface area contributed by atoms with Crippen LogP contribution in [0.5, 0.6) is 0 Å². The molecule has 1 heterocycles. The van der Waals surface area contributed by atoms with Crippen LogP contribution in [0, 0.1) is 13.8 Å². The summed E-state index contributed by atoms with van der Waals surface area (Å²) in [6, 6.07) is 0.331. The molecule has 0 aliphatic rings. The van der Waals surface area contributed by atoms with E-state index in [2.05, 4.69) is 41.0 Å². The van der Waals surface area contributed by atoms with Gasteiger partial charge < -0.3 is 16.0 Å². The Balaban J connectivity index is 2.72. The van der Waals surface area contributed by atoms with E-state index in [9.17, 15) is 0 Å². The second-order valence-electron chi connectivity index (χ2n) is 4.66. The maximum absolute atomic E-state index is 5.85. The van der Waals surface area contributed by atoms with Crippen molar-refractivity contribution < 1.29 is 0 Å². The second kappa shape index (κ2) is 6.54. The molecule has 5 heteroatoms. The number of nitrogen functional groups attached to an aromatic ring is 1. The number of hydrogen-bond donors (Lipinski definition) is 2. The standard InChI is InChI=1S/C13H25N5/c1-6-18(7-2)8-9(3)15-13-10(4)12(14)16-11(5)17-13/h9H,6-8H2,1-5H3,(H3,14,15,16,17). The van der Waals surface area contributed by atoms with Crippen LogP contribution in [0.25, 0.3) is 0 Å². The summed E-state index contributed by atoms with van der Waals surface area (Å²) in [6.45, 7) is 13.4. The molecule has 102 valence electrons. The molecule has 0 aromatic carbocycles. The maximum atomic E-state index is 5.85. The zero-order valence-corrected chi connectivity index (χ0v) is 12.1. The Morgan fingerprint density at radius 2 is 1.83 bits per heavy atom. The van der Waals surface area contributed by atoms with E-state index >= 15 is 0 Å². The lowest BCUT2D eigenvalue weighted by Gasteiger charge is -2.24. The first-order valence-electron chi connectivity index (χ1n) is 6.57. The average molecular weight is 251 g/mol. The van der Waals surface area contributed by atoms with Gasteiger partial charge in [-0.3, -0.25) is 0 Å². The predicted molar refractivity (Wildman–Crippen MR) is 76.8 cm³/mol. The number of nitrogens with two attached hydrogens (primary N) is 1. The van der Waals surface area contributed by atoms with E-state index < -0.39 is 0 Å². The Kier molecular flexibility index (Phi) is 5.34. The number of nitrogens with one attached hydrogen (secondary N) is 1. The van der Waals surface area contributed by atoms with Crippen molar-refractivity contribution in [2.75, 3.05) is 30.7 Å². The Labute approximate surface area is 110 Å². The third-order valence-corrected chi connectivity index (χ3v) is 3.10. The number of anilines is 2. The molecular weight excluding hydrogens is 226 g/mol.